The fourth-order valence-corrected chi connectivity index (χ4v) is 2.78. The van der Waals surface area contributed by atoms with Crippen LogP contribution in [0, 0.1) is 0 Å². The maximum atomic E-state index is 12.1. The molecule has 1 aromatic rings. The molecule has 8 heteroatoms. The highest BCUT2D eigenvalue weighted by Gasteiger charge is 2.44. The van der Waals surface area contributed by atoms with E-state index in [-0.39, 0.29) is 13.0 Å². The molecule has 0 spiro atoms. The lowest BCUT2D eigenvalue weighted by Crippen LogP contribution is -2.50. The summed E-state index contributed by atoms with van der Waals surface area (Å²) in [5, 5.41) is 19.4. The Balaban J connectivity index is 1.89. The van der Waals surface area contributed by atoms with Crippen molar-refractivity contribution in [2.24, 2.45) is 5.73 Å². The molecule has 4 atom stereocenters. The molecule has 0 bridgehead atoms. The smallest absolute Gasteiger partial charge is 0.410 e. The van der Waals surface area contributed by atoms with Crippen molar-refractivity contribution >= 4 is 17.7 Å². The van der Waals surface area contributed by atoms with Crippen LogP contribution in [0.3, 0.4) is 0 Å². The van der Waals surface area contributed by atoms with Gasteiger partial charge in [0, 0.05) is 17.0 Å². The Hall–Kier alpha value is -1.38. The van der Waals surface area contributed by atoms with Crippen molar-refractivity contribution in [1.29, 1.82) is 0 Å². The lowest BCUT2D eigenvalue weighted by molar-refractivity contribution is -0.0830. The van der Waals surface area contributed by atoms with Gasteiger partial charge in [-0.3, -0.25) is 4.90 Å². The van der Waals surface area contributed by atoms with Crippen LogP contribution >= 0.6 is 11.6 Å². The average Bonchev–Trinajstić information content (AvgIpc) is 2.81. The molecule has 0 saturated carbocycles. The molecule has 4 N–H and O–H groups in total. The number of carbonyl (C=O) groups excluding carboxylic acids is 1. The number of carbonyl (C=O) groups is 1. The molecule has 1 saturated heterocycles. The largest absolute Gasteiger partial charge is 0.418 e. The van der Waals surface area contributed by atoms with Crippen LogP contribution in [0.4, 0.5) is 4.79 Å². The summed E-state index contributed by atoms with van der Waals surface area (Å²) in [6.07, 6.45) is -3.66. The van der Waals surface area contributed by atoms with Crippen molar-refractivity contribution in [2.75, 3.05) is 6.61 Å². The van der Waals surface area contributed by atoms with Crippen molar-refractivity contribution < 1.29 is 24.5 Å². The number of benzene rings is 1. The van der Waals surface area contributed by atoms with Crippen molar-refractivity contribution in [3.8, 4) is 5.75 Å². The summed E-state index contributed by atoms with van der Waals surface area (Å²) in [6, 6.07) is 4.80. The predicted molar refractivity (Wildman–Crippen MR) is 72.6 cm³/mol. The van der Waals surface area contributed by atoms with E-state index in [1.165, 1.54) is 4.90 Å². The second-order valence-electron chi connectivity index (χ2n) is 5.02. The zero-order chi connectivity index (χ0) is 15.1. The highest BCUT2D eigenvalue weighted by atomic mass is 35.5. The molecule has 1 amide bonds. The number of amides is 1. The monoisotopic (exact) mass is 314 g/mol. The van der Waals surface area contributed by atoms with Gasteiger partial charge in [-0.25, -0.2) is 4.79 Å². The summed E-state index contributed by atoms with van der Waals surface area (Å²) in [5.41, 5.74) is 6.67. The predicted octanol–water partition coefficient (Wildman–Crippen LogP) is 0.580. The first-order valence-corrected chi connectivity index (χ1v) is 6.88. The molecule has 2 aliphatic heterocycles. The third kappa shape index (κ3) is 2.47. The van der Waals surface area contributed by atoms with E-state index in [0.29, 0.717) is 16.3 Å². The van der Waals surface area contributed by atoms with Crippen LogP contribution < -0.4 is 10.5 Å². The van der Waals surface area contributed by atoms with Gasteiger partial charge in [0.15, 0.2) is 0 Å². The summed E-state index contributed by atoms with van der Waals surface area (Å²) < 4.78 is 10.7. The Morgan fingerprint density at radius 2 is 2.24 bits per heavy atom. The Labute approximate surface area is 125 Å². The molecule has 0 aromatic heterocycles. The Morgan fingerprint density at radius 3 is 2.90 bits per heavy atom. The molecular formula is C13H15ClN2O5. The fraction of sp³-hybridized carbons (Fsp3) is 0.462. The molecule has 114 valence electrons. The number of aliphatic hydroxyl groups excluding tert-OH is 2. The number of hydrogen-bond donors (Lipinski definition) is 3. The van der Waals surface area contributed by atoms with Gasteiger partial charge in [0.25, 0.3) is 0 Å². The highest BCUT2D eigenvalue weighted by Crippen LogP contribution is 2.37. The molecular weight excluding hydrogens is 300 g/mol. The Kier molecular flexibility index (Phi) is 3.76. The van der Waals surface area contributed by atoms with Gasteiger partial charge in [-0.2, -0.15) is 0 Å². The molecule has 1 aromatic carbocycles. The molecule has 0 aliphatic carbocycles. The van der Waals surface area contributed by atoms with Crippen molar-refractivity contribution in [2.45, 2.75) is 31.0 Å². The molecule has 0 radical (unpaired) electrons. The van der Waals surface area contributed by atoms with E-state index in [0.717, 1.165) is 0 Å². The number of aliphatic hydroxyl groups is 2. The van der Waals surface area contributed by atoms with E-state index in [1.807, 2.05) is 0 Å². The fourth-order valence-electron chi connectivity index (χ4n) is 2.60. The molecule has 2 aliphatic rings. The maximum Gasteiger partial charge on any atom is 0.418 e. The first kappa shape index (κ1) is 14.6. The number of hydrogen-bond acceptors (Lipinski definition) is 6. The molecule has 2 heterocycles. The third-order valence-electron chi connectivity index (χ3n) is 3.69. The van der Waals surface area contributed by atoms with Gasteiger partial charge in [-0.15, -0.1) is 0 Å². The minimum Gasteiger partial charge on any atom is -0.410 e. The van der Waals surface area contributed by atoms with Gasteiger partial charge in [0.1, 0.15) is 24.2 Å². The summed E-state index contributed by atoms with van der Waals surface area (Å²) in [7, 11) is 0. The van der Waals surface area contributed by atoms with Crippen LogP contribution in [0.25, 0.3) is 0 Å². The van der Waals surface area contributed by atoms with E-state index >= 15 is 0 Å². The van der Waals surface area contributed by atoms with E-state index in [1.54, 1.807) is 18.2 Å². The van der Waals surface area contributed by atoms with Gasteiger partial charge < -0.3 is 25.4 Å². The standard InChI is InChI=1S/C13H15ClN2O5/c14-6-1-2-9-7(3-6)12(15)16(13(19)21-9)11-4-8(18)10(5-17)20-11/h1-3,8,10-12,17-18H,4-5,15H2/t8-,10+,11+,12?/m0/s1. The summed E-state index contributed by atoms with van der Waals surface area (Å²) in [4.78, 5) is 13.3. The van der Waals surface area contributed by atoms with Crippen LogP contribution in [-0.2, 0) is 4.74 Å². The average molecular weight is 315 g/mol. The van der Waals surface area contributed by atoms with Gasteiger partial charge in [0.2, 0.25) is 0 Å². The van der Waals surface area contributed by atoms with Gasteiger partial charge in [-0.05, 0) is 18.2 Å². The van der Waals surface area contributed by atoms with E-state index in [9.17, 15) is 9.90 Å². The lowest BCUT2D eigenvalue weighted by atomic mass is 10.1. The number of nitrogens with two attached hydrogens (primary N) is 1. The third-order valence-corrected chi connectivity index (χ3v) is 3.93. The minimum atomic E-state index is -0.860. The maximum absolute atomic E-state index is 12.1. The van der Waals surface area contributed by atoms with Crippen molar-refractivity contribution in [3.63, 3.8) is 0 Å². The van der Waals surface area contributed by atoms with Gasteiger partial charge >= 0.3 is 6.09 Å². The van der Waals surface area contributed by atoms with Crippen LogP contribution in [0.5, 0.6) is 5.75 Å². The zero-order valence-electron chi connectivity index (χ0n) is 11.0. The van der Waals surface area contributed by atoms with E-state index < -0.39 is 30.7 Å². The number of nitrogens with zero attached hydrogens (tertiary/aromatic N) is 1. The van der Waals surface area contributed by atoms with Crippen molar-refractivity contribution in [1.82, 2.24) is 4.90 Å². The normalized spacial score (nSPS) is 32.0. The van der Waals surface area contributed by atoms with Crippen LogP contribution in [0.2, 0.25) is 5.02 Å². The Bertz CT molecular complexity index is 569. The number of halogens is 1. The SMILES string of the molecule is NC1c2cc(Cl)ccc2OC(=O)N1[C@H]1C[C@H](O)[C@@H](CO)O1. The molecule has 21 heavy (non-hydrogen) atoms. The first-order chi connectivity index (χ1) is 10.0. The van der Waals surface area contributed by atoms with E-state index in [2.05, 4.69) is 0 Å². The molecule has 3 rings (SSSR count). The van der Waals surface area contributed by atoms with Crippen LogP contribution in [0.1, 0.15) is 18.2 Å². The Morgan fingerprint density at radius 1 is 1.48 bits per heavy atom. The molecule has 7 nitrogen and oxygen atoms in total. The quantitative estimate of drug-likeness (QED) is 0.737. The summed E-state index contributed by atoms with van der Waals surface area (Å²) in [6.45, 7) is -0.335. The van der Waals surface area contributed by atoms with Gasteiger partial charge in [-0.1, -0.05) is 11.6 Å². The highest BCUT2D eigenvalue weighted by molar-refractivity contribution is 6.30. The van der Waals surface area contributed by atoms with Gasteiger partial charge in [0.05, 0.1) is 12.7 Å². The second-order valence-corrected chi connectivity index (χ2v) is 5.45. The van der Waals surface area contributed by atoms with Crippen molar-refractivity contribution in [3.05, 3.63) is 28.8 Å². The first-order valence-electron chi connectivity index (χ1n) is 6.51. The number of fused-ring (bicyclic) bond motifs is 1. The zero-order valence-corrected chi connectivity index (χ0v) is 11.7. The molecule has 1 fully saturated rings. The second kappa shape index (κ2) is 5.43. The minimum absolute atomic E-state index is 0.157. The summed E-state index contributed by atoms with van der Waals surface area (Å²) >= 11 is 5.94. The lowest BCUT2D eigenvalue weighted by Gasteiger charge is -2.37. The van der Waals surface area contributed by atoms with Crippen LogP contribution in [-0.4, -0.2) is 46.2 Å². The number of ether oxygens (including phenoxy) is 2. The van der Waals surface area contributed by atoms with E-state index in [4.69, 9.17) is 31.9 Å². The number of rotatable bonds is 2. The van der Waals surface area contributed by atoms with Crippen LogP contribution in [0.15, 0.2) is 18.2 Å². The topological polar surface area (TPSA) is 105 Å². The molecule has 1 unspecified atom stereocenters. The summed E-state index contributed by atoms with van der Waals surface area (Å²) in [5.74, 6) is 0.352.